The molecule has 25 heavy (non-hydrogen) atoms. The number of hydrogen-bond donors (Lipinski definition) is 1. The van der Waals surface area contributed by atoms with Crippen LogP contribution >= 0.6 is 0 Å². The van der Waals surface area contributed by atoms with Gasteiger partial charge in [-0.2, -0.15) is 5.10 Å². The van der Waals surface area contributed by atoms with Crippen LogP contribution in [0.1, 0.15) is 34.5 Å². The number of likely N-dealkylation sites (tertiary alicyclic amines) is 1. The van der Waals surface area contributed by atoms with E-state index in [4.69, 9.17) is 4.74 Å². The molecule has 0 saturated carbocycles. The highest BCUT2D eigenvalue weighted by Gasteiger charge is 2.26. The van der Waals surface area contributed by atoms with E-state index in [9.17, 15) is 4.79 Å². The zero-order valence-electron chi connectivity index (χ0n) is 15.2. The van der Waals surface area contributed by atoms with E-state index >= 15 is 0 Å². The fourth-order valence-corrected chi connectivity index (χ4v) is 3.55. The van der Waals surface area contributed by atoms with Crippen LogP contribution in [-0.4, -0.2) is 46.8 Å². The highest BCUT2D eigenvalue weighted by Crippen LogP contribution is 2.21. The van der Waals surface area contributed by atoms with Crippen LogP contribution in [0.4, 0.5) is 0 Å². The van der Waals surface area contributed by atoms with E-state index in [0.29, 0.717) is 17.1 Å². The zero-order chi connectivity index (χ0) is 17.8. The van der Waals surface area contributed by atoms with Gasteiger partial charge in [-0.3, -0.25) is 9.69 Å². The van der Waals surface area contributed by atoms with Gasteiger partial charge in [0.1, 0.15) is 5.56 Å². The van der Waals surface area contributed by atoms with Crippen molar-refractivity contribution in [3.05, 3.63) is 47.2 Å². The maximum absolute atomic E-state index is 12.7. The first-order valence-electron chi connectivity index (χ1n) is 8.73. The van der Waals surface area contributed by atoms with Crippen LogP contribution in [0.3, 0.4) is 0 Å². The number of ether oxygens (including phenoxy) is 1. The Morgan fingerprint density at radius 1 is 1.36 bits per heavy atom. The van der Waals surface area contributed by atoms with E-state index in [1.165, 1.54) is 5.56 Å². The van der Waals surface area contributed by atoms with Gasteiger partial charge in [0.05, 0.1) is 12.8 Å². The summed E-state index contributed by atoms with van der Waals surface area (Å²) >= 11 is 0. The van der Waals surface area contributed by atoms with E-state index in [2.05, 4.69) is 39.6 Å². The first-order valence-corrected chi connectivity index (χ1v) is 8.73. The van der Waals surface area contributed by atoms with Crippen LogP contribution in [0, 0.1) is 6.92 Å². The highest BCUT2D eigenvalue weighted by molar-refractivity contribution is 5.97. The second-order valence-electron chi connectivity index (χ2n) is 6.63. The van der Waals surface area contributed by atoms with E-state index in [-0.39, 0.29) is 11.9 Å². The van der Waals surface area contributed by atoms with E-state index in [1.54, 1.807) is 18.8 Å². The average Bonchev–Trinajstić information content (AvgIpc) is 2.89. The molecule has 1 fully saturated rings. The summed E-state index contributed by atoms with van der Waals surface area (Å²) in [7, 11) is 3.35. The number of amides is 1. The number of nitrogens with one attached hydrogen (secondary N) is 1. The lowest BCUT2D eigenvalue weighted by molar-refractivity contribution is 0.0897. The van der Waals surface area contributed by atoms with Crippen molar-refractivity contribution >= 4 is 5.91 Å². The van der Waals surface area contributed by atoms with Gasteiger partial charge in [-0.05, 0) is 31.9 Å². The number of carbonyl (C=O) groups excluding carboxylic acids is 1. The highest BCUT2D eigenvalue weighted by atomic mass is 16.5. The van der Waals surface area contributed by atoms with Gasteiger partial charge in [0, 0.05) is 26.2 Å². The van der Waals surface area contributed by atoms with Crippen LogP contribution in [0.5, 0.6) is 5.88 Å². The minimum atomic E-state index is -0.103. The number of aromatic nitrogens is 2. The Bertz CT molecular complexity index is 727. The third-order valence-corrected chi connectivity index (χ3v) is 4.68. The van der Waals surface area contributed by atoms with Crippen molar-refractivity contribution in [2.24, 2.45) is 7.05 Å². The molecule has 0 spiro atoms. The smallest absolute Gasteiger partial charge is 0.258 e. The van der Waals surface area contributed by atoms with Gasteiger partial charge in [0.25, 0.3) is 5.91 Å². The van der Waals surface area contributed by atoms with Gasteiger partial charge in [-0.25, -0.2) is 4.68 Å². The largest absolute Gasteiger partial charge is 0.481 e. The minimum Gasteiger partial charge on any atom is -0.481 e. The molecule has 2 heterocycles. The molecule has 1 amide bonds. The van der Waals surface area contributed by atoms with E-state index in [0.717, 1.165) is 32.5 Å². The molecule has 6 heteroatoms. The first-order chi connectivity index (χ1) is 12.1. The van der Waals surface area contributed by atoms with Crippen LogP contribution in [0.2, 0.25) is 0 Å². The molecule has 3 rings (SSSR count). The number of carbonyl (C=O) groups is 1. The van der Waals surface area contributed by atoms with Gasteiger partial charge in [0.2, 0.25) is 5.88 Å². The van der Waals surface area contributed by atoms with Gasteiger partial charge in [0.15, 0.2) is 0 Å². The Hall–Kier alpha value is -2.34. The second-order valence-corrected chi connectivity index (χ2v) is 6.63. The summed E-state index contributed by atoms with van der Waals surface area (Å²) in [6.07, 6.45) is 2.08. The first kappa shape index (κ1) is 17.5. The number of piperidine rings is 1. The maximum Gasteiger partial charge on any atom is 0.258 e. The maximum atomic E-state index is 12.7. The fraction of sp³-hybridized carbons (Fsp3) is 0.474. The molecule has 1 N–H and O–H groups in total. The Labute approximate surface area is 148 Å². The van der Waals surface area contributed by atoms with Crippen molar-refractivity contribution in [1.29, 1.82) is 0 Å². The predicted molar refractivity (Wildman–Crippen MR) is 96.7 cm³/mol. The summed E-state index contributed by atoms with van der Waals surface area (Å²) in [5, 5.41) is 7.45. The summed E-state index contributed by atoms with van der Waals surface area (Å²) in [6, 6.07) is 10.6. The van der Waals surface area contributed by atoms with Crippen molar-refractivity contribution in [1.82, 2.24) is 20.0 Å². The summed E-state index contributed by atoms with van der Waals surface area (Å²) < 4.78 is 6.94. The third kappa shape index (κ3) is 4.02. The Kier molecular flexibility index (Phi) is 5.38. The third-order valence-electron chi connectivity index (χ3n) is 4.68. The van der Waals surface area contributed by atoms with E-state index < -0.39 is 0 Å². The number of aryl methyl sites for hydroxylation is 2. The quantitative estimate of drug-likeness (QED) is 0.904. The van der Waals surface area contributed by atoms with Crippen molar-refractivity contribution in [3.63, 3.8) is 0 Å². The molecule has 0 unspecified atom stereocenters. The summed E-state index contributed by atoms with van der Waals surface area (Å²) in [5.41, 5.74) is 2.53. The topological polar surface area (TPSA) is 59.4 Å². The summed E-state index contributed by atoms with van der Waals surface area (Å²) in [5.74, 6) is 0.404. The molecule has 2 aromatic rings. The average molecular weight is 342 g/mol. The Morgan fingerprint density at radius 3 is 2.84 bits per heavy atom. The molecule has 1 aromatic carbocycles. The molecule has 1 aliphatic heterocycles. The van der Waals surface area contributed by atoms with Crippen molar-refractivity contribution < 1.29 is 9.53 Å². The monoisotopic (exact) mass is 342 g/mol. The number of methoxy groups -OCH3 is 1. The standard InChI is InChI=1S/C19H26N4O2/c1-14-17(19(25-3)22(2)21-14)18(24)20-16-10-7-11-23(13-16)12-15-8-5-4-6-9-15/h4-6,8-9,16H,7,10-13H2,1-3H3,(H,20,24)/t16-/m1/s1. The van der Waals surface area contributed by atoms with Gasteiger partial charge in [-0.15, -0.1) is 0 Å². The molecule has 0 aliphatic carbocycles. The van der Waals surface area contributed by atoms with Crippen LogP contribution in [0.15, 0.2) is 30.3 Å². The predicted octanol–water partition coefficient (Wildman–Crippen LogP) is 2.13. The van der Waals surface area contributed by atoms with E-state index in [1.807, 2.05) is 13.0 Å². The number of benzene rings is 1. The van der Waals surface area contributed by atoms with Crippen molar-refractivity contribution in [2.45, 2.75) is 32.4 Å². The molecule has 1 aromatic heterocycles. The normalized spacial score (nSPS) is 18.1. The van der Waals surface area contributed by atoms with Crippen molar-refractivity contribution in [3.8, 4) is 5.88 Å². The van der Waals surface area contributed by atoms with Crippen LogP contribution < -0.4 is 10.1 Å². The Morgan fingerprint density at radius 2 is 2.12 bits per heavy atom. The lowest BCUT2D eigenvalue weighted by atomic mass is 10.0. The lowest BCUT2D eigenvalue weighted by Crippen LogP contribution is -2.47. The number of nitrogens with zero attached hydrogens (tertiary/aromatic N) is 3. The molecule has 134 valence electrons. The molecule has 1 aliphatic rings. The molecule has 1 atom stereocenters. The summed E-state index contributed by atoms with van der Waals surface area (Å²) in [6.45, 7) is 4.68. The molecule has 0 bridgehead atoms. The molecular formula is C19H26N4O2. The number of rotatable bonds is 5. The minimum absolute atomic E-state index is 0.103. The van der Waals surface area contributed by atoms with Gasteiger partial charge in [-0.1, -0.05) is 30.3 Å². The Balaban J connectivity index is 1.64. The zero-order valence-corrected chi connectivity index (χ0v) is 15.2. The van der Waals surface area contributed by atoms with Gasteiger partial charge >= 0.3 is 0 Å². The second kappa shape index (κ2) is 7.70. The molecule has 1 saturated heterocycles. The lowest BCUT2D eigenvalue weighted by Gasteiger charge is -2.33. The SMILES string of the molecule is COc1c(C(=O)N[C@@H]2CCCN(Cc3ccccc3)C2)c(C)nn1C. The van der Waals surface area contributed by atoms with Crippen molar-refractivity contribution in [2.75, 3.05) is 20.2 Å². The van der Waals surface area contributed by atoms with Crippen LogP contribution in [0.25, 0.3) is 0 Å². The number of hydrogen-bond acceptors (Lipinski definition) is 4. The van der Waals surface area contributed by atoms with Gasteiger partial charge < -0.3 is 10.1 Å². The molecule has 0 radical (unpaired) electrons. The molecule has 6 nitrogen and oxygen atoms in total. The molecular weight excluding hydrogens is 316 g/mol. The summed E-state index contributed by atoms with van der Waals surface area (Å²) in [4.78, 5) is 15.1. The van der Waals surface area contributed by atoms with Crippen LogP contribution in [-0.2, 0) is 13.6 Å². The fourth-order valence-electron chi connectivity index (χ4n) is 3.55.